The van der Waals surface area contributed by atoms with Crippen LogP contribution >= 0.6 is 0 Å². The summed E-state index contributed by atoms with van der Waals surface area (Å²) in [6.45, 7) is 2.22. The normalized spacial score (nSPS) is 15.7. The van der Waals surface area contributed by atoms with Crippen molar-refractivity contribution in [2.75, 3.05) is 0 Å². The van der Waals surface area contributed by atoms with Gasteiger partial charge in [-0.25, -0.2) is 23.8 Å². The third-order valence-electron chi connectivity index (χ3n) is 2.15. The molecule has 0 heterocycles. The summed E-state index contributed by atoms with van der Waals surface area (Å²) in [5.74, 6) is 0. The van der Waals surface area contributed by atoms with Gasteiger partial charge in [-0.15, -0.1) is 12.8 Å². The average molecular weight is 367 g/mol. The number of rotatable bonds is 3. The topological polar surface area (TPSA) is 0 Å². The van der Waals surface area contributed by atoms with Gasteiger partial charge in [-0.1, -0.05) is 26.2 Å². The predicted molar refractivity (Wildman–Crippen MR) is 63.8 cm³/mol. The minimum absolute atomic E-state index is 0. The van der Waals surface area contributed by atoms with E-state index < -0.39 is 0 Å². The zero-order chi connectivity index (χ0) is 10.1. The first-order chi connectivity index (χ1) is 6.93. The number of allylic oxidation sites excluding steroid dienone is 8. The van der Waals surface area contributed by atoms with Gasteiger partial charge in [0.2, 0.25) is 0 Å². The molecule has 15 heavy (non-hydrogen) atoms. The van der Waals surface area contributed by atoms with Gasteiger partial charge in [0.15, 0.2) is 0 Å². The molecule has 80 valence electrons. The standard InChI is InChI=1S/C9H13.C5H5.Hf.2H/c1-2-3-6-9-7-4-5-8-9;1-2-4-5-3-1;;;/h4,7H,2-3,5-6H2,1H3;1-3H,4H2;;;/q2*-1;+4;2*-1. The molecule has 0 fully saturated rings. The van der Waals surface area contributed by atoms with Crippen LogP contribution in [0.15, 0.2) is 36.0 Å². The largest absolute Gasteiger partial charge is 4.00 e. The van der Waals surface area contributed by atoms with E-state index in [1.807, 2.05) is 12.2 Å². The van der Waals surface area contributed by atoms with Crippen molar-refractivity contribution in [3.8, 4) is 0 Å². The van der Waals surface area contributed by atoms with Crippen molar-refractivity contribution in [2.24, 2.45) is 0 Å². The summed E-state index contributed by atoms with van der Waals surface area (Å²) >= 11 is 0. The molecule has 1 heteroatoms. The van der Waals surface area contributed by atoms with Gasteiger partial charge >= 0.3 is 25.8 Å². The Balaban J connectivity index is -0.000000216. The Kier molecular flexibility index (Phi) is 10.2. The Bertz CT molecular complexity index is 255. The Labute approximate surface area is 116 Å². The van der Waals surface area contributed by atoms with Crippen molar-refractivity contribution < 1.29 is 28.7 Å². The molecule has 0 saturated carbocycles. The minimum atomic E-state index is 0. The van der Waals surface area contributed by atoms with Gasteiger partial charge in [-0.3, -0.25) is 12.2 Å². The van der Waals surface area contributed by atoms with Crippen molar-refractivity contribution in [1.82, 2.24) is 0 Å². The monoisotopic (exact) mass is 368 g/mol. The van der Waals surface area contributed by atoms with Crippen LogP contribution in [0.5, 0.6) is 0 Å². The van der Waals surface area contributed by atoms with E-state index in [4.69, 9.17) is 0 Å². The molecule has 0 aliphatic heterocycles. The molecule has 0 N–H and O–H groups in total. The van der Waals surface area contributed by atoms with Crippen LogP contribution in [-0.2, 0) is 25.8 Å². The maximum atomic E-state index is 3.30. The van der Waals surface area contributed by atoms with Gasteiger partial charge in [-0.05, 0) is 0 Å². The van der Waals surface area contributed by atoms with E-state index in [0.717, 1.165) is 12.8 Å². The van der Waals surface area contributed by atoms with E-state index in [1.54, 1.807) is 0 Å². The zero-order valence-corrected chi connectivity index (χ0v) is 13.0. The quantitative estimate of drug-likeness (QED) is 0.513. The molecular formula is C14H20Hf. The number of unbranched alkanes of at least 4 members (excludes halogenated alkanes) is 1. The van der Waals surface area contributed by atoms with Crippen LogP contribution in [0.1, 0.15) is 41.9 Å². The van der Waals surface area contributed by atoms with Crippen molar-refractivity contribution in [2.45, 2.75) is 39.0 Å². The Morgan fingerprint density at radius 3 is 2.60 bits per heavy atom. The molecule has 0 spiro atoms. The second kappa shape index (κ2) is 10.4. The van der Waals surface area contributed by atoms with E-state index in [2.05, 4.69) is 37.3 Å². The van der Waals surface area contributed by atoms with E-state index in [9.17, 15) is 0 Å². The fraction of sp³-hybridized carbons (Fsp3) is 0.429. The van der Waals surface area contributed by atoms with Gasteiger partial charge in [0.25, 0.3) is 0 Å². The molecule has 2 aliphatic carbocycles. The van der Waals surface area contributed by atoms with Gasteiger partial charge in [0.05, 0.1) is 0 Å². The fourth-order valence-corrected chi connectivity index (χ4v) is 1.33. The molecule has 0 nitrogen and oxygen atoms in total. The molecule has 0 amide bonds. The van der Waals surface area contributed by atoms with Crippen LogP contribution in [-0.4, -0.2) is 0 Å². The Morgan fingerprint density at radius 1 is 1.33 bits per heavy atom. The van der Waals surface area contributed by atoms with Gasteiger partial charge in [-0.2, -0.15) is 12.2 Å². The first-order valence-corrected chi connectivity index (χ1v) is 5.41. The van der Waals surface area contributed by atoms with E-state index in [1.165, 1.54) is 24.8 Å². The molecule has 0 atom stereocenters. The van der Waals surface area contributed by atoms with Gasteiger partial charge < -0.3 is 2.85 Å². The second-order valence-electron chi connectivity index (χ2n) is 3.42. The van der Waals surface area contributed by atoms with Crippen LogP contribution in [0.4, 0.5) is 0 Å². The molecule has 2 rings (SSSR count). The smallest absolute Gasteiger partial charge is 1.00 e. The van der Waals surface area contributed by atoms with E-state index >= 15 is 0 Å². The van der Waals surface area contributed by atoms with Crippen LogP contribution in [0, 0.1) is 12.2 Å². The SMILES string of the molecule is CCCCC1=[C-]CC=C1.[C-]1=CC=CC1.[H-].[H-].[Hf+4]. The maximum Gasteiger partial charge on any atom is 4.00 e. The van der Waals surface area contributed by atoms with Gasteiger partial charge in [0, 0.05) is 0 Å². The van der Waals surface area contributed by atoms with Crippen molar-refractivity contribution in [3.63, 3.8) is 0 Å². The van der Waals surface area contributed by atoms with Crippen LogP contribution in [0.3, 0.4) is 0 Å². The molecular weight excluding hydrogens is 347 g/mol. The third kappa shape index (κ3) is 7.72. The van der Waals surface area contributed by atoms with Crippen molar-refractivity contribution in [1.29, 1.82) is 0 Å². The zero-order valence-electron chi connectivity index (χ0n) is 11.4. The molecule has 0 aromatic rings. The van der Waals surface area contributed by atoms with Crippen molar-refractivity contribution in [3.05, 3.63) is 48.1 Å². The maximum absolute atomic E-state index is 3.30. The molecule has 0 radical (unpaired) electrons. The summed E-state index contributed by atoms with van der Waals surface area (Å²) in [6, 6.07) is 0. The number of hydrogen-bond acceptors (Lipinski definition) is 0. The second-order valence-corrected chi connectivity index (χ2v) is 3.42. The van der Waals surface area contributed by atoms with Crippen LogP contribution < -0.4 is 0 Å². The minimum Gasteiger partial charge on any atom is -1.00 e. The molecule has 0 aromatic carbocycles. The molecule has 2 aliphatic rings. The Morgan fingerprint density at radius 2 is 2.20 bits per heavy atom. The molecule has 0 aromatic heterocycles. The molecule has 0 saturated heterocycles. The van der Waals surface area contributed by atoms with Crippen LogP contribution in [0.25, 0.3) is 0 Å². The van der Waals surface area contributed by atoms with Gasteiger partial charge in [0.1, 0.15) is 0 Å². The molecule has 0 bridgehead atoms. The fourth-order valence-electron chi connectivity index (χ4n) is 1.33. The van der Waals surface area contributed by atoms with Crippen molar-refractivity contribution >= 4 is 0 Å². The Hall–Kier alpha value is -0.170. The summed E-state index contributed by atoms with van der Waals surface area (Å²) in [6.07, 6.45) is 22.5. The van der Waals surface area contributed by atoms with E-state index in [-0.39, 0.29) is 28.7 Å². The number of hydrogen-bond donors (Lipinski definition) is 0. The average Bonchev–Trinajstić information content (AvgIpc) is 2.90. The van der Waals surface area contributed by atoms with Crippen LogP contribution in [0.2, 0.25) is 0 Å². The summed E-state index contributed by atoms with van der Waals surface area (Å²) in [7, 11) is 0. The first-order valence-electron chi connectivity index (χ1n) is 5.41. The first kappa shape index (κ1) is 14.8. The summed E-state index contributed by atoms with van der Waals surface area (Å²) in [5.41, 5.74) is 1.41. The summed E-state index contributed by atoms with van der Waals surface area (Å²) in [4.78, 5) is 0. The third-order valence-corrected chi connectivity index (χ3v) is 2.15. The predicted octanol–water partition coefficient (Wildman–Crippen LogP) is 4.39. The molecule has 0 unspecified atom stereocenters. The van der Waals surface area contributed by atoms with E-state index in [0.29, 0.717) is 0 Å². The summed E-state index contributed by atoms with van der Waals surface area (Å²) < 4.78 is 0. The summed E-state index contributed by atoms with van der Waals surface area (Å²) in [5, 5.41) is 0.